The Morgan fingerprint density at radius 1 is 1.40 bits per heavy atom. The molecule has 0 amide bonds. The first kappa shape index (κ1) is 14.0. The molecule has 0 saturated carbocycles. The second-order valence-electron chi connectivity index (χ2n) is 5.52. The van der Waals surface area contributed by atoms with Gasteiger partial charge in [0.2, 0.25) is 0 Å². The zero-order valence-corrected chi connectivity index (χ0v) is 13.1. The van der Waals surface area contributed by atoms with Crippen molar-refractivity contribution in [2.45, 2.75) is 18.9 Å². The van der Waals surface area contributed by atoms with Gasteiger partial charge in [0.25, 0.3) is 0 Å². The molecule has 1 aliphatic heterocycles. The summed E-state index contributed by atoms with van der Waals surface area (Å²) < 4.78 is 24.6. The molecule has 0 aliphatic carbocycles. The molecule has 20 heavy (non-hydrogen) atoms. The standard InChI is InChI=1S/C15H19NO2S2/c1-16-14(11-6-7-20(17,18)10-11)8-12-9-19-15-5-3-2-4-13(12)15/h2-5,9,11,14,16H,6-8,10H2,1H3. The van der Waals surface area contributed by atoms with Crippen molar-refractivity contribution < 1.29 is 8.42 Å². The second-order valence-corrected chi connectivity index (χ2v) is 8.66. The highest BCUT2D eigenvalue weighted by Crippen LogP contribution is 2.29. The Hall–Kier alpha value is -0.910. The van der Waals surface area contributed by atoms with Crippen LogP contribution in [0.5, 0.6) is 0 Å². The van der Waals surface area contributed by atoms with E-state index in [4.69, 9.17) is 0 Å². The fourth-order valence-corrected chi connectivity index (χ4v) is 5.93. The van der Waals surface area contributed by atoms with Gasteiger partial charge in [-0.15, -0.1) is 11.3 Å². The third-order valence-electron chi connectivity index (χ3n) is 4.21. The topological polar surface area (TPSA) is 46.2 Å². The second kappa shape index (κ2) is 5.47. The van der Waals surface area contributed by atoms with E-state index in [1.165, 1.54) is 15.6 Å². The van der Waals surface area contributed by atoms with E-state index in [2.05, 4.69) is 35.0 Å². The van der Waals surface area contributed by atoms with Crippen molar-refractivity contribution in [3.63, 3.8) is 0 Å². The summed E-state index contributed by atoms with van der Waals surface area (Å²) in [5.74, 6) is 0.921. The van der Waals surface area contributed by atoms with E-state index in [-0.39, 0.29) is 12.0 Å². The summed E-state index contributed by atoms with van der Waals surface area (Å²) in [6.07, 6.45) is 1.69. The van der Waals surface area contributed by atoms with Crippen molar-refractivity contribution in [3.8, 4) is 0 Å². The summed E-state index contributed by atoms with van der Waals surface area (Å²) in [4.78, 5) is 0. The van der Waals surface area contributed by atoms with Gasteiger partial charge >= 0.3 is 0 Å². The number of nitrogens with one attached hydrogen (secondary N) is 1. The van der Waals surface area contributed by atoms with Gasteiger partial charge in [-0.1, -0.05) is 18.2 Å². The maximum absolute atomic E-state index is 11.7. The van der Waals surface area contributed by atoms with Gasteiger partial charge in [0, 0.05) is 10.7 Å². The third kappa shape index (κ3) is 2.75. The van der Waals surface area contributed by atoms with Crippen molar-refractivity contribution >= 4 is 31.3 Å². The van der Waals surface area contributed by atoms with E-state index < -0.39 is 9.84 Å². The Labute approximate surface area is 123 Å². The molecule has 3 nitrogen and oxygen atoms in total. The molecular formula is C15H19NO2S2. The number of likely N-dealkylation sites (N-methyl/N-ethyl adjacent to an activating group) is 1. The van der Waals surface area contributed by atoms with Crippen LogP contribution in [-0.2, 0) is 16.3 Å². The van der Waals surface area contributed by atoms with Crippen molar-refractivity contribution in [1.82, 2.24) is 5.32 Å². The van der Waals surface area contributed by atoms with Crippen LogP contribution >= 0.6 is 11.3 Å². The molecule has 0 radical (unpaired) electrons. The summed E-state index contributed by atoms with van der Waals surface area (Å²) in [6, 6.07) is 8.65. The van der Waals surface area contributed by atoms with E-state index in [0.717, 1.165) is 12.8 Å². The molecule has 108 valence electrons. The Bertz CT molecular complexity index is 705. The molecule has 1 aromatic heterocycles. The lowest BCUT2D eigenvalue weighted by Crippen LogP contribution is -2.36. The van der Waals surface area contributed by atoms with E-state index in [9.17, 15) is 8.42 Å². The molecule has 2 unspecified atom stereocenters. The first-order chi connectivity index (χ1) is 9.59. The van der Waals surface area contributed by atoms with E-state index in [0.29, 0.717) is 11.5 Å². The molecule has 1 aromatic carbocycles. The minimum atomic E-state index is -2.81. The van der Waals surface area contributed by atoms with E-state index >= 15 is 0 Å². The molecule has 1 N–H and O–H groups in total. The molecule has 0 bridgehead atoms. The summed E-state index contributed by atoms with van der Waals surface area (Å²) in [6.45, 7) is 0. The number of hydrogen-bond donors (Lipinski definition) is 1. The quantitative estimate of drug-likeness (QED) is 0.944. The van der Waals surface area contributed by atoms with Gasteiger partial charge in [-0.2, -0.15) is 0 Å². The average molecular weight is 309 g/mol. The van der Waals surface area contributed by atoms with Gasteiger partial charge in [0.05, 0.1) is 11.5 Å². The first-order valence-corrected chi connectivity index (χ1v) is 9.62. The number of fused-ring (bicyclic) bond motifs is 1. The van der Waals surface area contributed by atoms with Crippen LogP contribution in [0.3, 0.4) is 0 Å². The van der Waals surface area contributed by atoms with Crippen LogP contribution in [0.4, 0.5) is 0 Å². The highest BCUT2D eigenvalue weighted by atomic mass is 32.2. The maximum atomic E-state index is 11.7. The maximum Gasteiger partial charge on any atom is 0.150 e. The molecule has 1 fully saturated rings. The van der Waals surface area contributed by atoms with Crippen LogP contribution in [0, 0.1) is 5.92 Å². The fourth-order valence-electron chi connectivity index (χ4n) is 3.07. The van der Waals surface area contributed by atoms with Crippen LogP contribution in [0.15, 0.2) is 29.6 Å². The van der Waals surface area contributed by atoms with E-state index in [1.807, 2.05) is 7.05 Å². The summed E-state index contributed by atoms with van der Waals surface area (Å²) >= 11 is 1.76. The smallest absolute Gasteiger partial charge is 0.150 e. The molecule has 2 heterocycles. The molecule has 1 saturated heterocycles. The molecule has 5 heteroatoms. The Morgan fingerprint density at radius 2 is 2.20 bits per heavy atom. The molecule has 2 atom stereocenters. The summed E-state index contributed by atoms with van der Waals surface area (Å²) in [5.41, 5.74) is 1.33. The highest BCUT2D eigenvalue weighted by molar-refractivity contribution is 7.91. The normalized spacial score (nSPS) is 23.1. The van der Waals surface area contributed by atoms with Crippen LogP contribution in [-0.4, -0.2) is 33.0 Å². The number of thiophene rings is 1. The number of rotatable bonds is 4. The van der Waals surface area contributed by atoms with Gasteiger partial charge in [-0.05, 0) is 48.2 Å². The van der Waals surface area contributed by atoms with Crippen molar-refractivity contribution in [1.29, 1.82) is 0 Å². The zero-order chi connectivity index (χ0) is 14.2. The third-order valence-corrected chi connectivity index (χ3v) is 7.01. The molecule has 3 rings (SSSR count). The monoisotopic (exact) mass is 309 g/mol. The number of benzene rings is 1. The van der Waals surface area contributed by atoms with Crippen molar-refractivity contribution in [3.05, 3.63) is 35.2 Å². The van der Waals surface area contributed by atoms with Gasteiger partial charge < -0.3 is 5.32 Å². The Balaban J connectivity index is 1.82. The molecule has 1 aliphatic rings. The van der Waals surface area contributed by atoms with Gasteiger partial charge in [0.1, 0.15) is 0 Å². The van der Waals surface area contributed by atoms with Crippen LogP contribution in [0.25, 0.3) is 10.1 Å². The minimum absolute atomic E-state index is 0.240. The van der Waals surface area contributed by atoms with Crippen LogP contribution < -0.4 is 5.32 Å². The summed E-state index contributed by atoms with van der Waals surface area (Å²) in [7, 11) is -0.875. The lowest BCUT2D eigenvalue weighted by Gasteiger charge is -2.21. The van der Waals surface area contributed by atoms with E-state index in [1.54, 1.807) is 11.3 Å². The first-order valence-electron chi connectivity index (χ1n) is 6.92. The van der Waals surface area contributed by atoms with Crippen molar-refractivity contribution in [2.24, 2.45) is 5.92 Å². The highest BCUT2D eigenvalue weighted by Gasteiger charge is 2.33. The number of sulfone groups is 1. The Morgan fingerprint density at radius 3 is 2.90 bits per heavy atom. The zero-order valence-electron chi connectivity index (χ0n) is 11.5. The predicted octanol–water partition coefficient (Wildman–Crippen LogP) is 2.47. The largest absolute Gasteiger partial charge is 0.316 e. The minimum Gasteiger partial charge on any atom is -0.316 e. The van der Waals surface area contributed by atoms with Gasteiger partial charge in [0.15, 0.2) is 9.84 Å². The Kier molecular flexibility index (Phi) is 3.84. The molecule has 2 aromatic rings. The molecule has 0 spiro atoms. The average Bonchev–Trinajstić information content (AvgIpc) is 2.99. The van der Waals surface area contributed by atoms with Crippen LogP contribution in [0.1, 0.15) is 12.0 Å². The number of hydrogen-bond acceptors (Lipinski definition) is 4. The molecular weight excluding hydrogens is 290 g/mol. The lowest BCUT2D eigenvalue weighted by atomic mass is 9.93. The van der Waals surface area contributed by atoms with Gasteiger partial charge in [-0.3, -0.25) is 0 Å². The SMILES string of the molecule is CNC(Cc1csc2ccccc12)C1CCS(=O)(=O)C1. The predicted molar refractivity (Wildman–Crippen MR) is 85.1 cm³/mol. The van der Waals surface area contributed by atoms with Crippen molar-refractivity contribution in [2.75, 3.05) is 18.6 Å². The lowest BCUT2D eigenvalue weighted by molar-refractivity contribution is 0.404. The van der Waals surface area contributed by atoms with Crippen LogP contribution in [0.2, 0.25) is 0 Å². The summed E-state index contributed by atoms with van der Waals surface area (Å²) in [5, 5.41) is 6.84. The fraction of sp³-hybridized carbons (Fsp3) is 0.467. The van der Waals surface area contributed by atoms with Gasteiger partial charge in [-0.25, -0.2) is 8.42 Å².